The van der Waals surface area contributed by atoms with Crippen LogP contribution in [-0.4, -0.2) is 28.7 Å². The van der Waals surface area contributed by atoms with E-state index in [9.17, 15) is 4.79 Å². The summed E-state index contributed by atoms with van der Waals surface area (Å²) in [6.45, 7) is 7.38. The molecule has 6 heteroatoms. The van der Waals surface area contributed by atoms with Crippen molar-refractivity contribution in [2.75, 3.05) is 11.9 Å². The van der Waals surface area contributed by atoms with Crippen LogP contribution in [0.1, 0.15) is 26.5 Å². The zero-order valence-corrected chi connectivity index (χ0v) is 14.7. The fourth-order valence-electron chi connectivity index (χ4n) is 2.10. The van der Waals surface area contributed by atoms with Gasteiger partial charge in [-0.05, 0) is 39.8 Å². The highest BCUT2D eigenvalue weighted by Crippen LogP contribution is 2.33. The normalized spacial score (nSPS) is 11.2. The SMILES string of the molecule is Cc1ncccc1-c1cc(Cl)ncc1N(C)C(=O)OC(C)(C)C. The molecule has 0 saturated carbocycles. The predicted octanol–water partition coefficient (Wildman–Crippen LogP) is 4.48. The van der Waals surface area contributed by atoms with Gasteiger partial charge in [-0.3, -0.25) is 9.88 Å². The van der Waals surface area contributed by atoms with Crippen LogP contribution in [0.4, 0.5) is 10.5 Å². The molecule has 2 aromatic rings. The van der Waals surface area contributed by atoms with Crippen LogP contribution in [0.3, 0.4) is 0 Å². The minimum absolute atomic E-state index is 0.351. The molecule has 1 amide bonds. The number of nitrogens with zero attached hydrogens (tertiary/aromatic N) is 3. The molecule has 0 atom stereocenters. The molecule has 0 N–H and O–H groups in total. The molecular formula is C17H20ClN3O2. The summed E-state index contributed by atoms with van der Waals surface area (Å²) in [6, 6.07) is 5.50. The van der Waals surface area contributed by atoms with E-state index in [4.69, 9.17) is 16.3 Å². The van der Waals surface area contributed by atoms with E-state index in [0.717, 1.165) is 16.8 Å². The van der Waals surface area contributed by atoms with Gasteiger partial charge in [0.1, 0.15) is 10.8 Å². The van der Waals surface area contributed by atoms with Gasteiger partial charge in [-0.2, -0.15) is 0 Å². The molecule has 122 valence electrons. The Kier molecular flexibility index (Phi) is 4.90. The van der Waals surface area contributed by atoms with Gasteiger partial charge in [0.2, 0.25) is 0 Å². The van der Waals surface area contributed by atoms with Crippen molar-refractivity contribution < 1.29 is 9.53 Å². The maximum absolute atomic E-state index is 12.3. The zero-order valence-electron chi connectivity index (χ0n) is 13.9. The van der Waals surface area contributed by atoms with Gasteiger partial charge in [-0.1, -0.05) is 17.7 Å². The lowest BCUT2D eigenvalue weighted by atomic mass is 10.0. The summed E-state index contributed by atoms with van der Waals surface area (Å²) in [5.74, 6) is 0. The van der Waals surface area contributed by atoms with Gasteiger partial charge < -0.3 is 4.74 Å². The maximum atomic E-state index is 12.3. The van der Waals surface area contributed by atoms with Gasteiger partial charge in [0.25, 0.3) is 0 Å². The van der Waals surface area contributed by atoms with Crippen LogP contribution < -0.4 is 4.90 Å². The molecule has 23 heavy (non-hydrogen) atoms. The van der Waals surface area contributed by atoms with Crippen molar-refractivity contribution >= 4 is 23.4 Å². The smallest absolute Gasteiger partial charge is 0.414 e. The summed E-state index contributed by atoms with van der Waals surface area (Å²) in [5.41, 5.74) is 2.55. The second kappa shape index (κ2) is 6.54. The average molecular weight is 334 g/mol. The minimum atomic E-state index is -0.574. The first-order valence-electron chi connectivity index (χ1n) is 7.23. The van der Waals surface area contributed by atoms with Gasteiger partial charge in [0, 0.05) is 30.1 Å². The van der Waals surface area contributed by atoms with Crippen LogP contribution in [0.25, 0.3) is 11.1 Å². The van der Waals surface area contributed by atoms with E-state index in [0.29, 0.717) is 10.8 Å². The van der Waals surface area contributed by atoms with E-state index < -0.39 is 11.7 Å². The third-order valence-corrected chi connectivity index (χ3v) is 3.38. The molecule has 0 aromatic carbocycles. The number of carbonyl (C=O) groups excluding carboxylic acids is 1. The number of hydrogen-bond donors (Lipinski definition) is 0. The Morgan fingerprint density at radius 2 is 1.96 bits per heavy atom. The molecule has 0 aliphatic heterocycles. The van der Waals surface area contributed by atoms with Crippen LogP contribution in [0.15, 0.2) is 30.6 Å². The highest BCUT2D eigenvalue weighted by atomic mass is 35.5. The Morgan fingerprint density at radius 1 is 1.26 bits per heavy atom. The first-order chi connectivity index (χ1) is 10.7. The number of aromatic nitrogens is 2. The Balaban J connectivity index is 2.48. The monoisotopic (exact) mass is 333 g/mol. The van der Waals surface area contributed by atoms with E-state index >= 15 is 0 Å². The third-order valence-electron chi connectivity index (χ3n) is 3.18. The fraction of sp³-hybridized carbons (Fsp3) is 0.353. The summed E-state index contributed by atoms with van der Waals surface area (Å²) in [5, 5.41) is 0.351. The molecule has 0 saturated heterocycles. The maximum Gasteiger partial charge on any atom is 0.414 e. The van der Waals surface area contributed by atoms with Crippen LogP contribution >= 0.6 is 11.6 Å². The molecule has 2 rings (SSSR count). The molecule has 2 aromatic heterocycles. The standard InChI is InChI=1S/C17H20ClN3O2/c1-11-12(7-6-8-19-11)13-9-15(18)20-10-14(13)21(5)16(22)23-17(2,3)4/h6-10H,1-5H3. The molecule has 5 nitrogen and oxygen atoms in total. The number of anilines is 1. The number of amides is 1. The third kappa shape index (κ3) is 4.20. The van der Waals surface area contributed by atoms with Crippen LogP contribution in [0.2, 0.25) is 5.15 Å². The lowest BCUT2D eigenvalue weighted by Gasteiger charge is -2.26. The Labute approximate surface area is 141 Å². The Morgan fingerprint density at radius 3 is 2.57 bits per heavy atom. The number of aryl methyl sites for hydroxylation is 1. The lowest BCUT2D eigenvalue weighted by Crippen LogP contribution is -2.34. The number of hydrogen-bond acceptors (Lipinski definition) is 4. The number of ether oxygens (including phenoxy) is 1. The van der Waals surface area contributed by atoms with Gasteiger partial charge >= 0.3 is 6.09 Å². The van der Waals surface area contributed by atoms with E-state index in [-0.39, 0.29) is 0 Å². The van der Waals surface area contributed by atoms with Crippen molar-refractivity contribution in [1.82, 2.24) is 9.97 Å². The van der Waals surface area contributed by atoms with E-state index in [2.05, 4.69) is 9.97 Å². The Bertz CT molecular complexity index is 726. The first kappa shape index (κ1) is 17.2. The van der Waals surface area contributed by atoms with Crippen molar-refractivity contribution in [3.8, 4) is 11.1 Å². The fourth-order valence-corrected chi connectivity index (χ4v) is 2.26. The predicted molar refractivity (Wildman–Crippen MR) is 91.9 cm³/mol. The van der Waals surface area contributed by atoms with Gasteiger partial charge in [0.05, 0.1) is 11.9 Å². The number of carbonyl (C=O) groups is 1. The van der Waals surface area contributed by atoms with Crippen molar-refractivity contribution in [2.24, 2.45) is 0 Å². The van der Waals surface area contributed by atoms with Crippen molar-refractivity contribution in [1.29, 1.82) is 0 Å². The molecule has 0 aliphatic carbocycles. The second-order valence-electron chi connectivity index (χ2n) is 6.20. The summed E-state index contributed by atoms with van der Waals surface area (Å²) in [7, 11) is 1.65. The van der Waals surface area contributed by atoms with Crippen LogP contribution in [0, 0.1) is 6.92 Å². The number of halogens is 1. The van der Waals surface area contributed by atoms with Gasteiger partial charge in [-0.25, -0.2) is 9.78 Å². The van der Waals surface area contributed by atoms with Gasteiger partial charge in [-0.15, -0.1) is 0 Å². The highest BCUT2D eigenvalue weighted by molar-refractivity contribution is 6.29. The second-order valence-corrected chi connectivity index (χ2v) is 6.59. The quantitative estimate of drug-likeness (QED) is 0.760. The topological polar surface area (TPSA) is 55.3 Å². The van der Waals surface area contributed by atoms with Crippen LogP contribution in [-0.2, 0) is 4.74 Å². The molecule has 0 radical (unpaired) electrons. The average Bonchev–Trinajstić information content (AvgIpc) is 2.45. The summed E-state index contributed by atoms with van der Waals surface area (Å²) in [4.78, 5) is 22.1. The molecule has 0 unspecified atom stereocenters. The largest absolute Gasteiger partial charge is 0.443 e. The minimum Gasteiger partial charge on any atom is -0.443 e. The number of pyridine rings is 2. The number of rotatable bonds is 2. The van der Waals surface area contributed by atoms with Crippen molar-refractivity contribution in [3.05, 3.63) is 41.4 Å². The molecule has 0 bridgehead atoms. The summed E-state index contributed by atoms with van der Waals surface area (Å²) >= 11 is 6.04. The molecule has 0 fully saturated rings. The van der Waals surface area contributed by atoms with E-state index in [1.54, 1.807) is 25.5 Å². The Hall–Kier alpha value is -2.14. The van der Waals surface area contributed by atoms with Crippen LogP contribution in [0.5, 0.6) is 0 Å². The van der Waals surface area contributed by atoms with E-state index in [1.807, 2.05) is 39.8 Å². The highest BCUT2D eigenvalue weighted by Gasteiger charge is 2.23. The summed E-state index contributed by atoms with van der Waals surface area (Å²) in [6.07, 6.45) is 2.83. The first-order valence-corrected chi connectivity index (χ1v) is 7.61. The lowest BCUT2D eigenvalue weighted by molar-refractivity contribution is 0.0589. The van der Waals surface area contributed by atoms with Crippen molar-refractivity contribution in [3.63, 3.8) is 0 Å². The van der Waals surface area contributed by atoms with Gasteiger partial charge in [0.15, 0.2) is 0 Å². The zero-order chi connectivity index (χ0) is 17.2. The molecule has 0 spiro atoms. The van der Waals surface area contributed by atoms with E-state index in [1.165, 1.54) is 4.90 Å². The summed E-state index contributed by atoms with van der Waals surface area (Å²) < 4.78 is 5.42. The molecule has 2 heterocycles. The molecular weight excluding hydrogens is 314 g/mol. The molecule has 0 aliphatic rings. The van der Waals surface area contributed by atoms with Crippen molar-refractivity contribution in [2.45, 2.75) is 33.3 Å².